The summed E-state index contributed by atoms with van der Waals surface area (Å²) < 4.78 is 5.90. The molecule has 1 aliphatic carbocycles. The number of carbonyl (C=O) groups excluding carboxylic acids is 1. The molecule has 0 saturated heterocycles. The van der Waals surface area contributed by atoms with E-state index in [0.717, 1.165) is 23.4 Å². The molecule has 29 heavy (non-hydrogen) atoms. The molecule has 1 aliphatic rings. The third-order valence-electron chi connectivity index (χ3n) is 6.05. The smallest absolute Gasteiger partial charge is 0.304 e. The van der Waals surface area contributed by atoms with E-state index in [4.69, 9.17) is 10.2 Å². The zero-order chi connectivity index (χ0) is 21.4. The summed E-state index contributed by atoms with van der Waals surface area (Å²) in [6.45, 7) is 13.3. The molecule has 1 aromatic heterocycles. The molecule has 0 spiro atoms. The van der Waals surface area contributed by atoms with Gasteiger partial charge in [-0.25, -0.2) is 4.98 Å². The van der Waals surface area contributed by atoms with Gasteiger partial charge < -0.3 is 10.2 Å². The van der Waals surface area contributed by atoms with Crippen LogP contribution in [-0.4, -0.2) is 10.9 Å². The SMILES string of the molecule is CC(C)(C)c1cc(-c2nc(C(N)=O)oc2CC2CCCCC2)cc(C(C)(C)C)c1. The molecule has 1 fully saturated rings. The van der Waals surface area contributed by atoms with Crippen LogP contribution in [-0.2, 0) is 17.3 Å². The second-order valence-electron chi connectivity index (χ2n) is 10.7. The minimum atomic E-state index is -0.607. The van der Waals surface area contributed by atoms with E-state index in [-0.39, 0.29) is 16.7 Å². The molecule has 1 amide bonds. The molecule has 1 saturated carbocycles. The predicted octanol–water partition coefficient (Wildman–Crippen LogP) is 6.16. The molecule has 3 rings (SSSR count). The molecule has 0 radical (unpaired) electrons. The summed E-state index contributed by atoms with van der Waals surface area (Å²) in [4.78, 5) is 16.4. The van der Waals surface area contributed by atoms with Crippen molar-refractivity contribution in [1.82, 2.24) is 4.98 Å². The Hall–Kier alpha value is -2.10. The van der Waals surface area contributed by atoms with Gasteiger partial charge in [-0.05, 0) is 40.0 Å². The minimum absolute atomic E-state index is 0.00972. The van der Waals surface area contributed by atoms with Gasteiger partial charge in [-0.1, -0.05) is 79.7 Å². The molecule has 158 valence electrons. The highest BCUT2D eigenvalue weighted by atomic mass is 16.4. The van der Waals surface area contributed by atoms with Crippen molar-refractivity contribution in [3.63, 3.8) is 0 Å². The minimum Gasteiger partial charge on any atom is -0.437 e. The first-order chi connectivity index (χ1) is 13.4. The van der Waals surface area contributed by atoms with E-state index in [1.807, 2.05) is 0 Å². The lowest BCUT2D eigenvalue weighted by Gasteiger charge is -2.26. The first-order valence-electron chi connectivity index (χ1n) is 10.9. The number of carbonyl (C=O) groups is 1. The predicted molar refractivity (Wildman–Crippen MR) is 118 cm³/mol. The average Bonchev–Trinajstić information content (AvgIpc) is 3.05. The summed E-state index contributed by atoms with van der Waals surface area (Å²) in [5, 5.41) is 0. The highest BCUT2D eigenvalue weighted by Crippen LogP contribution is 2.36. The van der Waals surface area contributed by atoms with Crippen LogP contribution in [0.25, 0.3) is 11.3 Å². The van der Waals surface area contributed by atoms with E-state index in [1.54, 1.807) is 0 Å². The van der Waals surface area contributed by atoms with Gasteiger partial charge in [-0.3, -0.25) is 4.79 Å². The molecular weight excluding hydrogens is 360 g/mol. The number of aromatic nitrogens is 1. The molecular formula is C25H36N2O2. The van der Waals surface area contributed by atoms with Crippen LogP contribution in [0.3, 0.4) is 0 Å². The van der Waals surface area contributed by atoms with Crippen LogP contribution < -0.4 is 5.73 Å². The molecule has 0 atom stereocenters. The quantitative estimate of drug-likeness (QED) is 0.673. The maximum atomic E-state index is 11.8. The molecule has 0 unspecified atom stereocenters. The number of primary amides is 1. The number of hydrogen-bond donors (Lipinski definition) is 1. The van der Waals surface area contributed by atoms with Crippen molar-refractivity contribution in [3.8, 4) is 11.3 Å². The Bertz CT molecular complexity index is 843. The molecule has 1 aromatic carbocycles. The van der Waals surface area contributed by atoms with Crippen LogP contribution in [0.2, 0.25) is 0 Å². The summed E-state index contributed by atoms with van der Waals surface area (Å²) >= 11 is 0. The third-order valence-corrected chi connectivity index (χ3v) is 6.05. The second-order valence-corrected chi connectivity index (χ2v) is 10.7. The van der Waals surface area contributed by atoms with Gasteiger partial charge in [0.2, 0.25) is 0 Å². The number of oxazole rings is 1. The Morgan fingerprint density at radius 1 is 1.00 bits per heavy atom. The zero-order valence-electron chi connectivity index (χ0n) is 18.9. The lowest BCUT2D eigenvalue weighted by molar-refractivity contribution is 0.0965. The van der Waals surface area contributed by atoms with Crippen molar-refractivity contribution in [2.24, 2.45) is 11.7 Å². The third kappa shape index (κ3) is 5.09. The topological polar surface area (TPSA) is 69.1 Å². The largest absolute Gasteiger partial charge is 0.437 e. The summed E-state index contributed by atoms with van der Waals surface area (Å²) in [6.07, 6.45) is 7.09. The Morgan fingerprint density at radius 3 is 2.03 bits per heavy atom. The van der Waals surface area contributed by atoms with Crippen molar-refractivity contribution < 1.29 is 9.21 Å². The number of amides is 1. The first kappa shape index (κ1) is 21.6. The van der Waals surface area contributed by atoms with Gasteiger partial charge in [-0.2, -0.15) is 0 Å². The second kappa shape index (κ2) is 7.97. The highest BCUT2D eigenvalue weighted by Gasteiger charge is 2.26. The van der Waals surface area contributed by atoms with Gasteiger partial charge in [0.1, 0.15) is 11.5 Å². The highest BCUT2D eigenvalue weighted by molar-refractivity contribution is 5.89. The fraction of sp³-hybridized carbons (Fsp3) is 0.600. The van der Waals surface area contributed by atoms with E-state index in [9.17, 15) is 4.79 Å². The van der Waals surface area contributed by atoms with Crippen molar-refractivity contribution >= 4 is 5.91 Å². The standard InChI is InChI=1S/C25H36N2O2/c1-24(2,3)18-13-17(14-19(15-18)25(4,5)6)21-20(29-23(27-21)22(26)28)12-16-10-8-7-9-11-16/h13-16H,7-12H2,1-6H3,(H2,26,28). The fourth-order valence-electron chi connectivity index (χ4n) is 4.10. The van der Waals surface area contributed by atoms with E-state index < -0.39 is 5.91 Å². The number of hydrogen-bond acceptors (Lipinski definition) is 3. The molecule has 4 heteroatoms. The van der Waals surface area contributed by atoms with Gasteiger partial charge in [0.05, 0.1) is 0 Å². The van der Waals surface area contributed by atoms with Crippen LogP contribution in [0.15, 0.2) is 22.6 Å². The number of benzene rings is 1. The van der Waals surface area contributed by atoms with E-state index >= 15 is 0 Å². The van der Waals surface area contributed by atoms with Gasteiger partial charge in [0, 0.05) is 12.0 Å². The van der Waals surface area contributed by atoms with Crippen LogP contribution in [0.1, 0.15) is 101 Å². The lowest BCUT2D eigenvalue weighted by Crippen LogP contribution is -2.16. The van der Waals surface area contributed by atoms with Crippen molar-refractivity contribution in [1.29, 1.82) is 0 Å². The number of nitrogens with zero attached hydrogens (tertiary/aromatic N) is 1. The Morgan fingerprint density at radius 2 is 1.55 bits per heavy atom. The van der Waals surface area contributed by atoms with Crippen molar-refractivity contribution in [2.45, 2.75) is 90.9 Å². The summed E-state index contributed by atoms with van der Waals surface area (Å²) in [5.41, 5.74) is 9.84. The van der Waals surface area contributed by atoms with E-state index in [2.05, 4.69) is 64.7 Å². The number of nitrogens with two attached hydrogens (primary N) is 1. The summed E-state index contributed by atoms with van der Waals surface area (Å²) in [6, 6.07) is 6.68. The number of rotatable bonds is 4. The van der Waals surface area contributed by atoms with Crippen molar-refractivity contribution in [3.05, 3.63) is 41.0 Å². The van der Waals surface area contributed by atoms with Gasteiger partial charge in [0.25, 0.3) is 5.89 Å². The average molecular weight is 397 g/mol. The fourth-order valence-corrected chi connectivity index (χ4v) is 4.10. The van der Waals surface area contributed by atoms with Crippen LogP contribution >= 0.6 is 0 Å². The van der Waals surface area contributed by atoms with Crippen LogP contribution in [0, 0.1) is 5.92 Å². The molecule has 0 aliphatic heterocycles. The Balaban J connectivity index is 2.11. The maximum absolute atomic E-state index is 11.8. The normalized spacial score (nSPS) is 16.2. The molecule has 0 bridgehead atoms. The lowest BCUT2D eigenvalue weighted by atomic mass is 9.79. The maximum Gasteiger partial charge on any atom is 0.304 e. The van der Waals surface area contributed by atoms with Gasteiger partial charge >= 0.3 is 5.91 Å². The Kier molecular flexibility index (Phi) is 5.93. The molecule has 2 aromatic rings. The van der Waals surface area contributed by atoms with Gasteiger partial charge in [0.15, 0.2) is 0 Å². The van der Waals surface area contributed by atoms with E-state index in [1.165, 1.54) is 43.2 Å². The van der Waals surface area contributed by atoms with Gasteiger partial charge in [-0.15, -0.1) is 0 Å². The van der Waals surface area contributed by atoms with E-state index in [0.29, 0.717) is 5.92 Å². The summed E-state index contributed by atoms with van der Waals surface area (Å²) in [5.74, 6) is 0.800. The van der Waals surface area contributed by atoms with Crippen molar-refractivity contribution in [2.75, 3.05) is 0 Å². The monoisotopic (exact) mass is 396 g/mol. The molecule has 2 N–H and O–H groups in total. The van der Waals surface area contributed by atoms with Crippen LogP contribution in [0.4, 0.5) is 0 Å². The first-order valence-corrected chi connectivity index (χ1v) is 10.9. The Labute approximate surface area is 175 Å². The molecule has 1 heterocycles. The van der Waals surface area contributed by atoms with Crippen LogP contribution in [0.5, 0.6) is 0 Å². The zero-order valence-corrected chi connectivity index (χ0v) is 18.9. The molecule has 4 nitrogen and oxygen atoms in total. The summed E-state index contributed by atoms with van der Waals surface area (Å²) in [7, 11) is 0.